The fourth-order valence-electron chi connectivity index (χ4n) is 5.20. The molecule has 8 N–H and O–H groups in total. The van der Waals surface area contributed by atoms with Crippen LogP contribution in [0.25, 0.3) is 0 Å². The first-order valence-corrected chi connectivity index (χ1v) is 17.8. The van der Waals surface area contributed by atoms with Crippen LogP contribution >= 0.6 is 23.2 Å². The molecule has 1 amide bonds. The number of primary sulfonamides is 2. The van der Waals surface area contributed by atoms with Gasteiger partial charge in [-0.2, -0.15) is 0 Å². The Hall–Kier alpha value is -3.70. The topological polar surface area (TPSA) is 239 Å². The van der Waals surface area contributed by atoms with Gasteiger partial charge in [0, 0.05) is 39.3 Å². The number of hydrogen-bond donors (Lipinski definition) is 5. The number of carbonyl (C=O) groups is 2. The Morgan fingerprint density at radius 2 is 1.26 bits per heavy atom. The number of fused-ring (bicyclic) bond motifs is 2. The second-order valence-electron chi connectivity index (χ2n) is 10.9. The molecule has 0 bridgehead atoms. The second kappa shape index (κ2) is 14.2. The molecule has 0 spiro atoms. The number of nitrogens with two attached hydrogens (primary N) is 3. The molecule has 252 valence electrons. The fraction of sp³-hybridized carbons (Fsp3) is 0.267. The lowest BCUT2D eigenvalue weighted by Crippen LogP contribution is -2.27. The number of rotatable bonds is 5. The number of carboxylic acid groups (broad SMARTS) is 1. The first kappa shape index (κ1) is 36.1. The van der Waals surface area contributed by atoms with Crippen LogP contribution in [0.2, 0.25) is 10.0 Å². The van der Waals surface area contributed by atoms with E-state index in [1.54, 1.807) is 13.0 Å². The maximum absolute atomic E-state index is 12.4. The predicted octanol–water partition coefficient (Wildman–Crippen LogP) is 4.53. The van der Waals surface area contributed by atoms with Gasteiger partial charge in [0.15, 0.2) is 5.76 Å². The van der Waals surface area contributed by atoms with Crippen LogP contribution in [0, 0.1) is 13.8 Å². The van der Waals surface area contributed by atoms with Crippen LogP contribution in [0.4, 0.5) is 0 Å². The molecule has 13 nitrogen and oxygen atoms in total. The normalized spacial score (nSPS) is 16.7. The number of sulfonamides is 2. The van der Waals surface area contributed by atoms with Crippen LogP contribution in [-0.4, -0.2) is 33.8 Å². The molecule has 2 heterocycles. The maximum atomic E-state index is 12.4. The van der Waals surface area contributed by atoms with E-state index in [4.69, 9.17) is 48.7 Å². The summed E-state index contributed by atoms with van der Waals surface area (Å²) < 4.78 is 53.7. The van der Waals surface area contributed by atoms with Gasteiger partial charge in [-0.05, 0) is 86.1 Å². The average molecular weight is 728 g/mol. The molecule has 47 heavy (non-hydrogen) atoms. The largest absolute Gasteiger partial charge is 0.475 e. The maximum Gasteiger partial charge on any atom is 0.372 e. The number of furan rings is 2. The lowest BCUT2D eigenvalue weighted by molar-refractivity contribution is 0.0655. The number of nitrogens with one attached hydrogen (secondary N) is 1. The van der Waals surface area contributed by atoms with Crippen LogP contribution in [0.15, 0.2) is 67.5 Å². The van der Waals surface area contributed by atoms with Crippen molar-refractivity contribution in [3.63, 3.8) is 0 Å². The van der Waals surface area contributed by atoms with Crippen molar-refractivity contribution in [1.29, 1.82) is 0 Å². The highest BCUT2D eigenvalue weighted by molar-refractivity contribution is 7.89. The van der Waals surface area contributed by atoms with Crippen molar-refractivity contribution in [2.24, 2.45) is 16.0 Å². The van der Waals surface area contributed by atoms with Crippen molar-refractivity contribution >= 4 is 55.1 Å². The van der Waals surface area contributed by atoms with Gasteiger partial charge < -0.3 is 25.0 Å². The number of aromatic carboxylic acids is 1. The zero-order chi connectivity index (χ0) is 34.8. The molecule has 2 aromatic carbocycles. The lowest BCUT2D eigenvalue weighted by atomic mass is 10.1. The number of halogens is 2. The van der Waals surface area contributed by atoms with Gasteiger partial charge in [0.25, 0.3) is 26.0 Å². The third-order valence-electron chi connectivity index (χ3n) is 7.47. The first-order valence-electron chi connectivity index (χ1n) is 14.0. The summed E-state index contributed by atoms with van der Waals surface area (Å²) in [5, 5.41) is 21.6. The van der Waals surface area contributed by atoms with E-state index in [9.17, 15) is 26.4 Å². The zero-order valence-electron chi connectivity index (χ0n) is 25.1. The molecule has 2 aliphatic carbocycles. The molecular weight excluding hydrogens is 695 g/mol. The Bertz CT molecular complexity index is 2060. The van der Waals surface area contributed by atoms with E-state index in [-0.39, 0.29) is 23.4 Å². The quantitative estimate of drug-likeness (QED) is 0.193. The Morgan fingerprint density at radius 1 is 0.787 bits per heavy atom. The summed E-state index contributed by atoms with van der Waals surface area (Å²) in [6.07, 6.45) is 3.72. The van der Waals surface area contributed by atoms with E-state index in [0.717, 1.165) is 47.9 Å². The van der Waals surface area contributed by atoms with Gasteiger partial charge in [-0.1, -0.05) is 35.3 Å². The third kappa shape index (κ3) is 8.81. The van der Waals surface area contributed by atoms with Crippen LogP contribution < -0.4 is 21.3 Å². The Morgan fingerprint density at radius 3 is 1.74 bits per heavy atom. The molecule has 2 atom stereocenters. The Kier molecular flexibility index (Phi) is 10.9. The third-order valence-corrected chi connectivity index (χ3v) is 9.46. The van der Waals surface area contributed by atoms with Gasteiger partial charge >= 0.3 is 5.97 Å². The minimum Gasteiger partial charge on any atom is -0.475 e. The van der Waals surface area contributed by atoms with E-state index in [2.05, 4.69) is 9.73 Å². The molecule has 6 rings (SSSR count). The van der Waals surface area contributed by atoms with Gasteiger partial charge in [-0.3, -0.25) is 4.79 Å². The van der Waals surface area contributed by atoms with E-state index < -0.39 is 47.9 Å². The molecule has 0 radical (unpaired) electrons. The average Bonchev–Trinajstić information content (AvgIpc) is 3.75. The highest BCUT2D eigenvalue weighted by Gasteiger charge is 2.28. The minimum atomic E-state index is -3.98. The molecule has 0 fully saturated rings. The van der Waals surface area contributed by atoms with E-state index in [1.165, 1.54) is 24.1 Å². The Labute approximate surface area is 281 Å². The Balaban J connectivity index is 0.000000176. The summed E-state index contributed by atoms with van der Waals surface area (Å²) in [6, 6.07) is 13.9. The van der Waals surface area contributed by atoms with Crippen LogP contribution in [0.5, 0.6) is 0 Å². The molecule has 2 aromatic heterocycles. The molecular formula is C30H32Cl2N4O9S2. The standard InChI is InChI=1S/C15H15ClN2O4S.C9H10ClN.C6H7NO5S/c1-8-6-13(23(17,20)21)22-14(8)15(19)18-12-5-2-9-7-10(16)3-4-11(9)12;10-7-2-3-8-6(5-7)1-4-9(8)11;1-3-2-4(13(7,10)11)12-5(3)6(8)9/h3-4,6-7,12H,2,5H2,1H3,(H,18,19)(H2,17,20,21);2-3,5,9H,1,4,11H2;2H,1H3,(H,8,9)(H2,7,10,11)/t12-;9-;/m11./s1. The van der Waals surface area contributed by atoms with Crippen molar-refractivity contribution in [1.82, 2.24) is 5.32 Å². The molecule has 4 aromatic rings. The highest BCUT2D eigenvalue weighted by Crippen LogP contribution is 2.33. The molecule has 0 saturated heterocycles. The minimum absolute atomic E-state index is 0.0450. The lowest BCUT2D eigenvalue weighted by Gasteiger charge is -2.13. The van der Waals surface area contributed by atoms with E-state index in [1.807, 2.05) is 30.3 Å². The molecule has 0 unspecified atom stereocenters. The second-order valence-corrected chi connectivity index (χ2v) is 14.8. The smallest absolute Gasteiger partial charge is 0.372 e. The fourth-order valence-corrected chi connectivity index (χ4v) is 6.67. The van der Waals surface area contributed by atoms with Crippen LogP contribution in [-0.2, 0) is 32.9 Å². The van der Waals surface area contributed by atoms with Crippen molar-refractivity contribution in [2.75, 3.05) is 0 Å². The number of carboxylic acids is 1. The SMILES string of the molecule is Cc1cc(S(N)(=O)=O)oc1C(=O)N[C@@H]1CCc2cc(Cl)ccc21.Cc1cc(S(N)(=O)=O)oc1C(=O)O.N[C@@H]1CCc2cc(Cl)ccc21. The zero-order valence-corrected chi connectivity index (χ0v) is 28.3. The molecule has 2 aliphatic rings. The summed E-state index contributed by atoms with van der Waals surface area (Å²) in [6.45, 7) is 3.01. The molecule has 0 saturated carbocycles. The summed E-state index contributed by atoms with van der Waals surface area (Å²) in [5.74, 6) is -2.25. The number of hydrogen-bond acceptors (Lipinski definition) is 9. The van der Waals surface area contributed by atoms with Crippen LogP contribution in [0.3, 0.4) is 0 Å². The highest BCUT2D eigenvalue weighted by atomic mass is 35.5. The summed E-state index contributed by atoms with van der Waals surface area (Å²) >= 11 is 11.8. The number of amides is 1. The number of benzene rings is 2. The van der Waals surface area contributed by atoms with Crippen molar-refractivity contribution in [2.45, 2.75) is 61.8 Å². The van der Waals surface area contributed by atoms with Gasteiger partial charge in [-0.25, -0.2) is 31.9 Å². The van der Waals surface area contributed by atoms with Crippen molar-refractivity contribution < 1.29 is 40.4 Å². The molecule has 17 heteroatoms. The number of aryl methyl sites for hydroxylation is 4. The monoisotopic (exact) mass is 726 g/mol. The van der Waals surface area contributed by atoms with Crippen LogP contribution in [0.1, 0.15) is 79.4 Å². The van der Waals surface area contributed by atoms with Gasteiger partial charge in [0.1, 0.15) is 0 Å². The van der Waals surface area contributed by atoms with Crippen molar-refractivity contribution in [3.8, 4) is 0 Å². The summed E-state index contributed by atoms with van der Waals surface area (Å²) in [5.41, 5.74) is 11.2. The molecule has 0 aliphatic heterocycles. The summed E-state index contributed by atoms with van der Waals surface area (Å²) in [4.78, 5) is 22.8. The van der Waals surface area contributed by atoms with Gasteiger partial charge in [0.2, 0.25) is 15.9 Å². The van der Waals surface area contributed by atoms with Crippen molar-refractivity contribution in [3.05, 3.63) is 103 Å². The number of carbonyl (C=O) groups excluding carboxylic acids is 1. The first-order chi connectivity index (χ1) is 21.8. The van der Waals surface area contributed by atoms with E-state index in [0.29, 0.717) is 10.6 Å². The summed E-state index contributed by atoms with van der Waals surface area (Å²) in [7, 11) is -7.95. The van der Waals surface area contributed by atoms with E-state index >= 15 is 0 Å². The van der Waals surface area contributed by atoms with Gasteiger partial charge in [-0.15, -0.1) is 0 Å². The van der Waals surface area contributed by atoms with Gasteiger partial charge in [0.05, 0.1) is 6.04 Å². The predicted molar refractivity (Wildman–Crippen MR) is 173 cm³/mol.